The summed E-state index contributed by atoms with van der Waals surface area (Å²) in [5.41, 5.74) is 0.400. The Morgan fingerprint density at radius 1 is 1.43 bits per heavy atom. The molecule has 118 valence electrons. The third-order valence-electron chi connectivity index (χ3n) is 4.73. The number of Topliss-reactive ketones (excluding diaryl/α,β-unsaturated/α-hetero) is 1. The summed E-state index contributed by atoms with van der Waals surface area (Å²) >= 11 is 0. The molecule has 2 aliphatic carbocycles. The van der Waals surface area contributed by atoms with E-state index in [9.17, 15) is 14.7 Å². The van der Waals surface area contributed by atoms with Crippen molar-refractivity contribution in [1.82, 2.24) is 0 Å². The largest absolute Gasteiger partial charge is 0.462 e. The van der Waals surface area contributed by atoms with Crippen LogP contribution in [0.25, 0.3) is 0 Å². The molecule has 2 aliphatic rings. The van der Waals surface area contributed by atoms with Crippen molar-refractivity contribution >= 4 is 11.8 Å². The molecule has 0 aromatic heterocycles. The van der Waals surface area contributed by atoms with E-state index in [1.807, 2.05) is 0 Å². The molecule has 1 saturated carbocycles. The van der Waals surface area contributed by atoms with Crippen molar-refractivity contribution in [2.24, 2.45) is 17.8 Å². The van der Waals surface area contributed by atoms with Gasteiger partial charge in [-0.3, -0.25) is 9.59 Å². The van der Waals surface area contributed by atoms with Crippen LogP contribution in [0.3, 0.4) is 0 Å². The summed E-state index contributed by atoms with van der Waals surface area (Å²) < 4.78 is 5.67. The molecule has 0 saturated heterocycles. The van der Waals surface area contributed by atoms with Crippen LogP contribution in [0.4, 0.5) is 0 Å². The maximum atomic E-state index is 12.1. The van der Waals surface area contributed by atoms with Crippen LogP contribution in [-0.2, 0) is 14.3 Å². The number of hydrogen-bond acceptors (Lipinski definition) is 4. The zero-order valence-corrected chi connectivity index (χ0v) is 13.2. The summed E-state index contributed by atoms with van der Waals surface area (Å²) in [6.07, 6.45) is 3.98. The second-order valence-electron chi connectivity index (χ2n) is 6.92. The number of carbonyl (C=O) groups is 2. The van der Waals surface area contributed by atoms with E-state index in [1.54, 1.807) is 0 Å². The van der Waals surface area contributed by atoms with Gasteiger partial charge < -0.3 is 9.84 Å². The highest BCUT2D eigenvalue weighted by Gasteiger charge is 2.34. The summed E-state index contributed by atoms with van der Waals surface area (Å²) in [4.78, 5) is 23.7. The molecule has 0 aliphatic heterocycles. The van der Waals surface area contributed by atoms with Gasteiger partial charge in [-0.05, 0) is 36.7 Å². The van der Waals surface area contributed by atoms with Crippen LogP contribution in [0.2, 0.25) is 0 Å². The van der Waals surface area contributed by atoms with Crippen molar-refractivity contribution in [3.63, 3.8) is 0 Å². The van der Waals surface area contributed by atoms with Gasteiger partial charge in [0.2, 0.25) is 0 Å². The summed E-state index contributed by atoms with van der Waals surface area (Å²) in [5, 5.41) is 9.40. The molecule has 0 radical (unpaired) electrons. The van der Waals surface area contributed by atoms with Gasteiger partial charge in [0.25, 0.3) is 0 Å². The van der Waals surface area contributed by atoms with Crippen LogP contribution in [0.1, 0.15) is 52.9 Å². The number of esters is 1. The minimum absolute atomic E-state index is 0.00834. The van der Waals surface area contributed by atoms with Gasteiger partial charge in [0.15, 0.2) is 5.78 Å². The number of aliphatic hydroxyl groups is 1. The Hall–Kier alpha value is -1.16. The first-order valence-corrected chi connectivity index (χ1v) is 7.98. The zero-order chi connectivity index (χ0) is 15.6. The highest BCUT2D eigenvalue weighted by Crippen LogP contribution is 2.35. The van der Waals surface area contributed by atoms with Gasteiger partial charge >= 0.3 is 5.97 Å². The van der Waals surface area contributed by atoms with Crippen molar-refractivity contribution in [2.45, 2.75) is 65.1 Å². The normalized spacial score (nSPS) is 33.2. The molecule has 21 heavy (non-hydrogen) atoms. The van der Waals surface area contributed by atoms with Gasteiger partial charge in [0.05, 0.1) is 12.5 Å². The van der Waals surface area contributed by atoms with Gasteiger partial charge in [-0.15, -0.1) is 0 Å². The topological polar surface area (TPSA) is 63.6 Å². The average molecular weight is 294 g/mol. The number of ketones is 1. The van der Waals surface area contributed by atoms with Crippen LogP contribution < -0.4 is 0 Å². The number of ether oxygens (including phenoxy) is 1. The lowest BCUT2D eigenvalue weighted by Gasteiger charge is -2.36. The quantitative estimate of drug-likeness (QED) is 0.810. The molecule has 4 atom stereocenters. The molecule has 2 rings (SSSR count). The fourth-order valence-electron chi connectivity index (χ4n) is 3.48. The lowest BCUT2D eigenvalue weighted by atomic mass is 9.75. The van der Waals surface area contributed by atoms with Crippen LogP contribution in [0.5, 0.6) is 0 Å². The van der Waals surface area contributed by atoms with E-state index < -0.39 is 6.10 Å². The Bertz CT molecular complexity index is 438. The van der Waals surface area contributed by atoms with Gasteiger partial charge in [-0.1, -0.05) is 27.2 Å². The van der Waals surface area contributed by atoms with Crippen LogP contribution >= 0.6 is 0 Å². The molecule has 1 fully saturated rings. The van der Waals surface area contributed by atoms with E-state index in [0.717, 1.165) is 12.8 Å². The molecule has 0 bridgehead atoms. The molecule has 0 spiro atoms. The first-order valence-electron chi connectivity index (χ1n) is 7.98. The first kappa shape index (κ1) is 16.2. The molecule has 1 N–H and O–H groups in total. The second-order valence-corrected chi connectivity index (χ2v) is 6.92. The minimum Gasteiger partial charge on any atom is -0.462 e. The van der Waals surface area contributed by atoms with Crippen molar-refractivity contribution in [2.75, 3.05) is 0 Å². The number of hydrogen-bond donors (Lipinski definition) is 1. The van der Waals surface area contributed by atoms with Crippen molar-refractivity contribution < 1.29 is 19.4 Å². The first-order chi connectivity index (χ1) is 9.86. The van der Waals surface area contributed by atoms with Crippen molar-refractivity contribution in [3.05, 3.63) is 11.6 Å². The molecule has 0 heterocycles. The summed E-state index contributed by atoms with van der Waals surface area (Å²) in [5.74, 6) is 0.991. The Morgan fingerprint density at radius 2 is 2.14 bits per heavy atom. The highest BCUT2D eigenvalue weighted by atomic mass is 16.5. The smallest absolute Gasteiger partial charge is 0.310 e. The fourth-order valence-corrected chi connectivity index (χ4v) is 3.48. The van der Waals surface area contributed by atoms with Crippen LogP contribution in [-0.4, -0.2) is 29.1 Å². The van der Waals surface area contributed by atoms with E-state index in [2.05, 4.69) is 20.8 Å². The standard InChI is InChI=1S/C17H26O4/c1-10(2)14-5-4-11(3)6-16(14)21-17(20)8-12-7-13(18)9-15(12)19/h7,10-11,13-14,16,18H,4-6,8-9H2,1-3H3/t11-,13+,14+,16?/m1/s1. The van der Waals surface area contributed by atoms with Crippen molar-refractivity contribution in [3.8, 4) is 0 Å². The van der Waals surface area contributed by atoms with Crippen LogP contribution in [0.15, 0.2) is 11.6 Å². The van der Waals surface area contributed by atoms with E-state index >= 15 is 0 Å². The molecule has 0 amide bonds. The van der Waals surface area contributed by atoms with Gasteiger partial charge in [0.1, 0.15) is 6.10 Å². The highest BCUT2D eigenvalue weighted by molar-refractivity contribution is 6.01. The SMILES string of the molecule is CC(C)[C@@H]1CC[C@@H](C)CC1OC(=O)CC1=C[C@H](O)CC1=O. The average Bonchev–Trinajstić information content (AvgIpc) is 2.67. The summed E-state index contributed by atoms with van der Waals surface area (Å²) in [7, 11) is 0. The van der Waals surface area contributed by atoms with E-state index in [1.165, 1.54) is 12.5 Å². The Balaban J connectivity index is 1.94. The third kappa shape index (κ3) is 4.16. The van der Waals surface area contributed by atoms with Gasteiger partial charge in [0, 0.05) is 12.0 Å². The van der Waals surface area contributed by atoms with E-state index in [-0.39, 0.29) is 30.7 Å². The molecular formula is C17H26O4. The number of aliphatic hydroxyl groups excluding tert-OH is 1. The summed E-state index contributed by atoms with van der Waals surface area (Å²) in [6, 6.07) is 0. The van der Waals surface area contributed by atoms with E-state index in [4.69, 9.17) is 4.74 Å². The van der Waals surface area contributed by atoms with E-state index in [0.29, 0.717) is 23.3 Å². The Labute approximate surface area is 126 Å². The Morgan fingerprint density at radius 3 is 2.71 bits per heavy atom. The monoisotopic (exact) mass is 294 g/mol. The van der Waals surface area contributed by atoms with Gasteiger partial charge in [-0.25, -0.2) is 0 Å². The van der Waals surface area contributed by atoms with Gasteiger partial charge in [-0.2, -0.15) is 0 Å². The summed E-state index contributed by atoms with van der Waals surface area (Å²) in [6.45, 7) is 6.53. The Kier molecular flexibility index (Phi) is 5.20. The predicted octanol–water partition coefficient (Wildman–Crippen LogP) is 2.64. The lowest BCUT2D eigenvalue weighted by Crippen LogP contribution is -2.36. The number of carbonyl (C=O) groups excluding carboxylic acids is 2. The number of rotatable bonds is 4. The molecular weight excluding hydrogens is 268 g/mol. The molecule has 0 aromatic carbocycles. The lowest BCUT2D eigenvalue weighted by molar-refractivity contribution is -0.155. The minimum atomic E-state index is -0.738. The molecule has 4 nitrogen and oxygen atoms in total. The second kappa shape index (κ2) is 6.73. The maximum Gasteiger partial charge on any atom is 0.310 e. The fraction of sp³-hybridized carbons (Fsp3) is 0.765. The predicted molar refractivity (Wildman–Crippen MR) is 79.6 cm³/mol. The van der Waals surface area contributed by atoms with Crippen LogP contribution in [0, 0.1) is 17.8 Å². The molecule has 0 aromatic rings. The third-order valence-corrected chi connectivity index (χ3v) is 4.73. The maximum absolute atomic E-state index is 12.1. The van der Waals surface area contributed by atoms with Crippen molar-refractivity contribution in [1.29, 1.82) is 0 Å². The molecule has 1 unspecified atom stereocenters. The molecule has 4 heteroatoms. The zero-order valence-electron chi connectivity index (χ0n) is 13.2.